The number of rotatable bonds is 7. The molecule has 0 aliphatic carbocycles. The van der Waals surface area contributed by atoms with Crippen molar-refractivity contribution in [1.82, 2.24) is 10.3 Å². The Kier molecular flexibility index (Phi) is 5.92. The first kappa shape index (κ1) is 20.3. The van der Waals surface area contributed by atoms with E-state index in [1.165, 1.54) is 5.56 Å². The van der Waals surface area contributed by atoms with E-state index in [9.17, 15) is 10.1 Å². The highest BCUT2D eigenvalue weighted by Gasteiger charge is 2.34. The Morgan fingerprint density at radius 3 is 2.63 bits per heavy atom. The zero-order valence-corrected chi connectivity index (χ0v) is 17.0. The van der Waals surface area contributed by atoms with E-state index in [4.69, 9.17) is 4.74 Å². The molecule has 1 fully saturated rings. The van der Waals surface area contributed by atoms with E-state index >= 15 is 0 Å². The van der Waals surface area contributed by atoms with Gasteiger partial charge in [-0.1, -0.05) is 30.3 Å². The Morgan fingerprint density at radius 2 is 1.90 bits per heavy atom. The highest BCUT2D eigenvalue weighted by atomic mass is 16.6. The van der Waals surface area contributed by atoms with Crippen molar-refractivity contribution >= 4 is 22.3 Å². The van der Waals surface area contributed by atoms with Crippen molar-refractivity contribution < 1.29 is 9.66 Å². The van der Waals surface area contributed by atoms with Gasteiger partial charge in [0, 0.05) is 43.6 Å². The zero-order valence-electron chi connectivity index (χ0n) is 17.0. The molecule has 2 heterocycles. The number of hydrogen-bond acceptors (Lipinski definition) is 6. The normalized spacial score (nSPS) is 16.8. The van der Waals surface area contributed by atoms with Gasteiger partial charge in [-0.3, -0.25) is 15.1 Å². The Bertz CT molecular complexity index is 1020. The summed E-state index contributed by atoms with van der Waals surface area (Å²) in [5, 5.41) is 19.3. The van der Waals surface area contributed by atoms with E-state index in [1.54, 1.807) is 30.5 Å². The molecule has 7 nitrogen and oxygen atoms in total. The second-order valence-corrected chi connectivity index (χ2v) is 7.81. The summed E-state index contributed by atoms with van der Waals surface area (Å²) >= 11 is 0. The van der Waals surface area contributed by atoms with Gasteiger partial charge in [0.25, 0.3) is 5.69 Å². The number of pyridine rings is 1. The Hall–Kier alpha value is -3.03. The smallest absolute Gasteiger partial charge is 0.278 e. The summed E-state index contributed by atoms with van der Waals surface area (Å²) in [5.41, 5.74) is 2.59. The number of benzene rings is 2. The van der Waals surface area contributed by atoms with E-state index in [0.29, 0.717) is 30.7 Å². The molecule has 30 heavy (non-hydrogen) atoms. The molecular formula is C23H26N4O3. The molecule has 1 aliphatic heterocycles. The van der Waals surface area contributed by atoms with E-state index in [-0.39, 0.29) is 22.2 Å². The van der Waals surface area contributed by atoms with Crippen LogP contribution >= 0.6 is 0 Å². The van der Waals surface area contributed by atoms with Crippen LogP contribution in [0.4, 0.5) is 11.4 Å². The minimum Gasteiger partial charge on any atom is -0.381 e. The van der Waals surface area contributed by atoms with Crippen molar-refractivity contribution in [3.8, 4) is 0 Å². The van der Waals surface area contributed by atoms with E-state index in [2.05, 4.69) is 46.8 Å². The lowest BCUT2D eigenvalue weighted by Gasteiger charge is -2.41. The Labute approximate surface area is 175 Å². The largest absolute Gasteiger partial charge is 0.381 e. The van der Waals surface area contributed by atoms with Gasteiger partial charge in [-0.25, -0.2) is 0 Å². The van der Waals surface area contributed by atoms with Gasteiger partial charge in [0.05, 0.1) is 16.0 Å². The number of ether oxygens (including phenoxy) is 1. The first-order valence-electron chi connectivity index (χ1n) is 10.2. The molecule has 2 N–H and O–H groups in total. The summed E-state index contributed by atoms with van der Waals surface area (Å²) in [6, 6.07) is 17.3. The molecule has 0 spiro atoms. The van der Waals surface area contributed by atoms with Gasteiger partial charge >= 0.3 is 0 Å². The van der Waals surface area contributed by atoms with Gasteiger partial charge in [0.2, 0.25) is 0 Å². The molecule has 156 valence electrons. The lowest BCUT2D eigenvalue weighted by molar-refractivity contribution is -0.383. The van der Waals surface area contributed by atoms with Gasteiger partial charge < -0.3 is 15.4 Å². The number of hydrogen-bond donors (Lipinski definition) is 2. The van der Waals surface area contributed by atoms with Crippen LogP contribution in [0.5, 0.6) is 0 Å². The minimum atomic E-state index is -0.364. The van der Waals surface area contributed by atoms with Gasteiger partial charge in [-0.15, -0.1) is 0 Å². The first-order chi connectivity index (χ1) is 14.6. The molecule has 0 bridgehead atoms. The average Bonchev–Trinajstić information content (AvgIpc) is 2.78. The van der Waals surface area contributed by atoms with Crippen molar-refractivity contribution in [2.24, 2.45) is 0 Å². The fourth-order valence-corrected chi connectivity index (χ4v) is 4.14. The second-order valence-electron chi connectivity index (χ2n) is 7.81. The monoisotopic (exact) mass is 406 g/mol. The number of non-ortho nitro benzene ring substituents is 1. The van der Waals surface area contributed by atoms with Crippen LogP contribution in [0.15, 0.2) is 60.8 Å². The Morgan fingerprint density at radius 1 is 1.13 bits per heavy atom. The molecule has 0 saturated carbocycles. The van der Waals surface area contributed by atoms with Gasteiger partial charge in [0.15, 0.2) is 0 Å². The van der Waals surface area contributed by atoms with Crippen LogP contribution in [0.2, 0.25) is 0 Å². The van der Waals surface area contributed by atoms with Crippen molar-refractivity contribution in [2.75, 3.05) is 25.1 Å². The zero-order chi connectivity index (χ0) is 21.0. The molecule has 1 unspecified atom stereocenters. The van der Waals surface area contributed by atoms with Crippen molar-refractivity contribution in [3.63, 3.8) is 0 Å². The summed E-state index contributed by atoms with van der Waals surface area (Å²) in [4.78, 5) is 15.4. The fourth-order valence-electron chi connectivity index (χ4n) is 4.14. The Balaban J connectivity index is 1.58. The fraction of sp³-hybridized carbons (Fsp3) is 0.348. The summed E-state index contributed by atoms with van der Waals surface area (Å²) in [5.74, 6) is 0. The number of nitrogens with one attached hydrogen (secondary N) is 2. The van der Waals surface area contributed by atoms with Crippen molar-refractivity contribution in [1.29, 1.82) is 0 Å². The van der Waals surface area contributed by atoms with Gasteiger partial charge in [-0.2, -0.15) is 0 Å². The van der Waals surface area contributed by atoms with Crippen LogP contribution in [0.3, 0.4) is 0 Å². The number of fused-ring (bicyclic) bond motifs is 1. The van der Waals surface area contributed by atoms with E-state index in [0.717, 1.165) is 18.5 Å². The van der Waals surface area contributed by atoms with Crippen molar-refractivity contribution in [2.45, 2.75) is 31.3 Å². The number of nitrogens with zero attached hydrogens (tertiary/aromatic N) is 2. The molecule has 1 aliphatic rings. The van der Waals surface area contributed by atoms with Crippen LogP contribution < -0.4 is 10.6 Å². The van der Waals surface area contributed by atoms with Crippen LogP contribution in [0.25, 0.3) is 10.9 Å². The standard InChI is InChI=1S/C23H26N4O3/c1-17(18-6-3-2-4-7-18)26-23(11-14-30-15-12-23)16-25-20-9-10-21(27(28)29)19-8-5-13-24-22(19)20/h2-10,13,17,25-26H,11-12,14-16H2,1H3. The van der Waals surface area contributed by atoms with E-state index < -0.39 is 0 Å². The van der Waals surface area contributed by atoms with Crippen LogP contribution in [-0.4, -0.2) is 35.2 Å². The summed E-state index contributed by atoms with van der Waals surface area (Å²) in [6.07, 6.45) is 3.43. The molecule has 2 aromatic carbocycles. The molecule has 0 radical (unpaired) electrons. The van der Waals surface area contributed by atoms with E-state index in [1.807, 2.05) is 6.07 Å². The molecule has 1 atom stereocenters. The van der Waals surface area contributed by atoms with Crippen LogP contribution in [0.1, 0.15) is 31.4 Å². The predicted octanol–water partition coefficient (Wildman–Crippen LogP) is 4.45. The third-order valence-corrected chi connectivity index (χ3v) is 5.83. The average molecular weight is 406 g/mol. The van der Waals surface area contributed by atoms with Gasteiger partial charge in [-0.05, 0) is 43.5 Å². The lowest BCUT2D eigenvalue weighted by Crippen LogP contribution is -2.54. The third-order valence-electron chi connectivity index (χ3n) is 5.83. The lowest BCUT2D eigenvalue weighted by atomic mass is 9.88. The quantitative estimate of drug-likeness (QED) is 0.445. The number of anilines is 1. The predicted molar refractivity (Wildman–Crippen MR) is 118 cm³/mol. The first-order valence-corrected chi connectivity index (χ1v) is 10.2. The SMILES string of the molecule is CC(NC1(CNc2ccc([N+](=O)[O-])c3cccnc23)CCOCC1)c1ccccc1. The second kappa shape index (κ2) is 8.77. The third kappa shape index (κ3) is 4.27. The maximum Gasteiger partial charge on any atom is 0.278 e. The molecule has 7 heteroatoms. The summed E-state index contributed by atoms with van der Waals surface area (Å²) < 4.78 is 5.62. The summed E-state index contributed by atoms with van der Waals surface area (Å²) in [7, 11) is 0. The minimum absolute atomic E-state index is 0.0697. The highest BCUT2D eigenvalue weighted by molar-refractivity contribution is 5.96. The van der Waals surface area contributed by atoms with Gasteiger partial charge in [0.1, 0.15) is 5.52 Å². The maximum absolute atomic E-state index is 11.4. The molecule has 1 aromatic heterocycles. The maximum atomic E-state index is 11.4. The number of nitro benzene ring substituents is 1. The topological polar surface area (TPSA) is 89.3 Å². The number of aromatic nitrogens is 1. The van der Waals surface area contributed by atoms with Crippen LogP contribution in [-0.2, 0) is 4.74 Å². The van der Waals surface area contributed by atoms with Crippen molar-refractivity contribution in [3.05, 3.63) is 76.5 Å². The molecule has 1 saturated heterocycles. The molecule has 0 amide bonds. The number of nitro groups is 1. The molecular weight excluding hydrogens is 380 g/mol. The summed E-state index contributed by atoms with van der Waals surface area (Å²) in [6.45, 7) is 4.26. The molecule has 3 aromatic rings. The van der Waals surface area contributed by atoms with Crippen LogP contribution in [0, 0.1) is 10.1 Å². The molecule has 4 rings (SSSR count). The highest BCUT2D eigenvalue weighted by Crippen LogP contribution is 2.31.